The second-order valence-electron chi connectivity index (χ2n) is 8.48. The molecule has 3 aromatic heterocycles. The van der Waals surface area contributed by atoms with Gasteiger partial charge in [0.25, 0.3) is 0 Å². The lowest BCUT2D eigenvalue weighted by atomic mass is 10.0. The minimum absolute atomic E-state index is 0.475. The van der Waals surface area contributed by atoms with Crippen molar-refractivity contribution in [3.8, 4) is 22.6 Å². The van der Waals surface area contributed by atoms with Gasteiger partial charge >= 0.3 is 0 Å². The predicted octanol–water partition coefficient (Wildman–Crippen LogP) is 6.05. The van der Waals surface area contributed by atoms with Crippen molar-refractivity contribution in [2.45, 2.75) is 44.6 Å². The zero-order valence-corrected chi connectivity index (χ0v) is 20.3. The molecule has 0 atom stereocenters. The third-order valence-corrected chi connectivity index (χ3v) is 6.45. The number of thioether (sulfide) groups is 1. The van der Waals surface area contributed by atoms with Crippen molar-refractivity contribution < 1.29 is 4.52 Å². The number of hydrogen-bond acceptors (Lipinski definition) is 7. The average molecular weight is 471 g/mol. The van der Waals surface area contributed by atoms with E-state index >= 15 is 0 Å². The van der Waals surface area contributed by atoms with Crippen molar-refractivity contribution in [3.05, 3.63) is 72.4 Å². The number of rotatable bonds is 8. The maximum Gasteiger partial charge on any atom is 0.226 e. The Balaban J connectivity index is 1.50. The molecule has 172 valence electrons. The van der Waals surface area contributed by atoms with Gasteiger partial charge in [-0.3, -0.25) is 0 Å². The number of pyridine rings is 1. The molecule has 0 aliphatic heterocycles. The molecule has 5 rings (SSSR count). The Bertz CT molecular complexity index is 1410. The molecule has 5 aromatic rings. The van der Waals surface area contributed by atoms with Gasteiger partial charge in [-0.25, -0.2) is 4.98 Å². The standard InChI is InChI=1S/C26H26N6OS/c1-4-32-25(29-30-26(32)34-16-23-28-24(33-31-23)14-17(2)3)20-15-22(18-10-6-5-7-11-18)27-21-13-9-8-12-19(20)21/h5-13,15,17H,4,14,16H2,1-3H3. The number of hydrogen-bond donors (Lipinski definition) is 0. The van der Waals surface area contributed by atoms with E-state index in [-0.39, 0.29) is 0 Å². The van der Waals surface area contributed by atoms with E-state index in [0.717, 1.165) is 51.7 Å². The average Bonchev–Trinajstić information content (AvgIpc) is 3.48. The molecule has 0 saturated heterocycles. The normalized spacial score (nSPS) is 11.5. The summed E-state index contributed by atoms with van der Waals surface area (Å²) < 4.78 is 7.51. The Morgan fingerprint density at radius 2 is 1.76 bits per heavy atom. The van der Waals surface area contributed by atoms with Crippen molar-refractivity contribution in [2.24, 2.45) is 5.92 Å². The number of para-hydroxylation sites is 1. The largest absolute Gasteiger partial charge is 0.339 e. The zero-order chi connectivity index (χ0) is 23.5. The predicted molar refractivity (Wildman–Crippen MR) is 134 cm³/mol. The highest BCUT2D eigenvalue weighted by molar-refractivity contribution is 7.98. The maximum absolute atomic E-state index is 5.37. The molecular weight excluding hydrogens is 444 g/mol. The summed E-state index contributed by atoms with van der Waals surface area (Å²) in [6, 6.07) is 20.5. The Hall–Kier alpha value is -3.52. The zero-order valence-electron chi connectivity index (χ0n) is 19.5. The quantitative estimate of drug-likeness (QED) is 0.255. The van der Waals surface area contributed by atoms with E-state index in [1.165, 1.54) is 0 Å². The molecule has 34 heavy (non-hydrogen) atoms. The lowest BCUT2D eigenvalue weighted by Crippen LogP contribution is -2.01. The molecule has 0 unspecified atom stereocenters. The summed E-state index contributed by atoms with van der Waals surface area (Å²) in [4.78, 5) is 9.41. The van der Waals surface area contributed by atoms with Crippen LogP contribution in [-0.4, -0.2) is 29.9 Å². The van der Waals surface area contributed by atoms with E-state index in [2.05, 4.69) is 69.9 Å². The molecule has 0 amide bonds. The monoisotopic (exact) mass is 470 g/mol. The fourth-order valence-electron chi connectivity index (χ4n) is 3.91. The van der Waals surface area contributed by atoms with Crippen LogP contribution >= 0.6 is 11.8 Å². The van der Waals surface area contributed by atoms with Gasteiger partial charge in [0.1, 0.15) is 0 Å². The summed E-state index contributed by atoms with van der Waals surface area (Å²) in [7, 11) is 0. The van der Waals surface area contributed by atoms with Crippen molar-refractivity contribution in [1.29, 1.82) is 0 Å². The van der Waals surface area contributed by atoms with Gasteiger partial charge in [0.15, 0.2) is 16.8 Å². The maximum atomic E-state index is 5.37. The molecule has 3 heterocycles. The van der Waals surface area contributed by atoms with Crippen LogP contribution in [0.15, 0.2) is 70.3 Å². The molecule has 0 bridgehead atoms. The summed E-state index contributed by atoms with van der Waals surface area (Å²) in [5.74, 6) is 3.23. The highest BCUT2D eigenvalue weighted by atomic mass is 32.2. The van der Waals surface area contributed by atoms with Crippen molar-refractivity contribution in [1.82, 2.24) is 29.9 Å². The van der Waals surface area contributed by atoms with Crippen LogP contribution < -0.4 is 0 Å². The van der Waals surface area contributed by atoms with Gasteiger partial charge in [-0.15, -0.1) is 10.2 Å². The Morgan fingerprint density at radius 3 is 2.56 bits per heavy atom. The van der Waals surface area contributed by atoms with Gasteiger partial charge in [0.2, 0.25) is 5.89 Å². The van der Waals surface area contributed by atoms with E-state index in [4.69, 9.17) is 9.51 Å². The Morgan fingerprint density at radius 1 is 0.971 bits per heavy atom. The SMILES string of the molecule is CCn1c(SCc2noc(CC(C)C)n2)nnc1-c1cc(-c2ccccc2)nc2ccccc12. The first-order chi connectivity index (χ1) is 16.6. The number of fused-ring (bicyclic) bond motifs is 1. The fraction of sp³-hybridized carbons (Fsp3) is 0.269. The van der Waals surface area contributed by atoms with E-state index in [1.807, 2.05) is 36.4 Å². The molecule has 0 radical (unpaired) electrons. The number of aromatic nitrogens is 6. The highest BCUT2D eigenvalue weighted by Gasteiger charge is 2.18. The Labute approximate surface area is 202 Å². The van der Waals surface area contributed by atoms with Gasteiger partial charge < -0.3 is 9.09 Å². The second kappa shape index (κ2) is 9.77. The van der Waals surface area contributed by atoms with Crippen molar-refractivity contribution >= 4 is 22.7 Å². The first-order valence-electron chi connectivity index (χ1n) is 11.5. The van der Waals surface area contributed by atoms with E-state index in [9.17, 15) is 0 Å². The number of benzene rings is 2. The molecule has 0 aliphatic rings. The summed E-state index contributed by atoms with van der Waals surface area (Å²) in [6.07, 6.45) is 0.784. The molecule has 7 nitrogen and oxygen atoms in total. The highest BCUT2D eigenvalue weighted by Crippen LogP contribution is 2.33. The summed E-state index contributed by atoms with van der Waals surface area (Å²) in [6.45, 7) is 7.12. The van der Waals surface area contributed by atoms with Crippen LogP contribution in [0.5, 0.6) is 0 Å². The minimum atomic E-state index is 0.475. The van der Waals surface area contributed by atoms with E-state index < -0.39 is 0 Å². The lowest BCUT2D eigenvalue weighted by Gasteiger charge is -2.11. The van der Waals surface area contributed by atoms with Crippen LogP contribution in [0, 0.1) is 5.92 Å². The molecule has 0 spiro atoms. The minimum Gasteiger partial charge on any atom is -0.339 e. The van der Waals surface area contributed by atoms with Crippen LogP contribution in [0.4, 0.5) is 0 Å². The third-order valence-electron chi connectivity index (χ3n) is 5.48. The van der Waals surface area contributed by atoms with Crippen molar-refractivity contribution in [3.63, 3.8) is 0 Å². The van der Waals surface area contributed by atoms with Gasteiger partial charge in [-0.05, 0) is 25.0 Å². The van der Waals surface area contributed by atoms with E-state index in [0.29, 0.717) is 23.4 Å². The second-order valence-corrected chi connectivity index (χ2v) is 9.42. The lowest BCUT2D eigenvalue weighted by molar-refractivity contribution is 0.360. The van der Waals surface area contributed by atoms with Gasteiger partial charge in [-0.2, -0.15) is 4.98 Å². The molecule has 0 N–H and O–H groups in total. The van der Waals surface area contributed by atoms with Crippen LogP contribution in [0.1, 0.15) is 32.5 Å². The Kier molecular flexibility index (Phi) is 6.40. The van der Waals surface area contributed by atoms with Crippen LogP contribution in [0.2, 0.25) is 0 Å². The number of nitrogens with zero attached hydrogens (tertiary/aromatic N) is 6. The molecular formula is C26H26N6OS. The van der Waals surface area contributed by atoms with Crippen LogP contribution in [-0.2, 0) is 18.7 Å². The first-order valence-corrected chi connectivity index (χ1v) is 12.4. The van der Waals surface area contributed by atoms with Gasteiger partial charge in [0, 0.05) is 29.5 Å². The molecule has 0 fully saturated rings. The fourth-order valence-corrected chi connectivity index (χ4v) is 4.75. The molecule has 2 aromatic carbocycles. The van der Waals surface area contributed by atoms with Gasteiger partial charge in [0.05, 0.1) is 17.0 Å². The third kappa shape index (κ3) is 4.59. The molecule has 8 heteroatoms. The topological polar surface area (TPSA) is 82.5 Å². The molecule has 0 saturated carbocycles. The van der Waals surface area contributed by atoms with Crippen LogP contribution in [0.3, 0.4) is 0 Å². The molecule has 0 aliphatic carbocycles. The summed E-state index contributed by atoms with van der Waals surface area (Å²) in [5.41, 5.74) is 3.94. The smallest absolute Gasteiger partial charge is 0.226 e. The van der Waals surface area contributed by atoms with Crippen LogP contribution in [0.25, 0.3) is 33.5 Å². The van der Waals surface area contributed by atoms with Crippen molar-refractivity contribution in [2.75, 3.05) is 0 Å². The van der Waals surface area contributed by atoms with E-state index in [1.54, 1.807) is 11.8 Å². The first kappa shape index (κ1) is 22.3. The summed E-state index contributed by atoms with van der Waals surface area (Å²) in [5, 5.41) is 15.1. The van der Waals surface area contributed by atoms with Gasteiger partial charge in [-0.1, -0.05) is 79.3 Å². The summed E-state index contributed by atoms with van der Waals surface area (Å²) >= 11 is 1.57.